The first kappa shape index (κ1) is 10.4. The third-order valence-electron chi connectivity index (χ3n) is 3.68. The van der Waals surface area contributed by atoms with Crippen LogP contribution in [0.25, 0.3) is 0 Å². The monoisotopic (exact) mass is 234 g/mol. The average molecular weight is 234 g/mol. The van der Waals surface area contributed by atoms with E-state index in [-0.39, 0.29) is 17.6 Å². The Bertz CT molecular complexity index is 562. The van der Waals surface area contributed by atoms with Gasteiger partial charge in [0.15, 0.2) is 11.4 Å². The van der Waals surface area contributed by atoms with E-state index in [4.69, 9.17) is 0 Å². The van der Waals surface area contributed by atoms with Gasteiger partial charge in [-0.15, -0.1) is 0 Å². The standard InChI is InChI=1S/C12H14N2O3/c1-7-5-13-6-8-3-2-4-14(8)12(17)9(13)11(16)10(7)15/h5,8,16H,2-4,6H2,1H3/t8-/m0/s1. The summed E-state index contributed by atoms with van der Waals surface area (Å²) in [4.78, 5) is 25.6. The molecular weight excluding hydrogens is 220 g/mol. The van der Waals surface area contributed by atoms with Crippen LogP contribution in [-0.2, 0) is 6.54 Å². The molecule has 1 aromatic rings. The first-order chi connectivity index (χ1) is 8.09. The quantitative estimate of drug-likeness (QED) is 0.710. The van der Waals surface area contributed by atoms with Gasteiger partial charge in [0.25, 0.3) is 5.91 Å². The smallest absolute Gasteiger partial charge is 0.274 e. The Labute approximate surface area is 98.3 Å². The molecule has 0 radical (unpaired) electrons. The molecule has 2 aliphatic rings. The van der Waals surface area contributed by atoms with Crippen LogP contribution >= 0.6 is 0 Å². The molecule has 1 saturated heterocycles. The average Bonchev–Trinajstić information content (AvgIpc) is 2.74. The minimum Gasteiger partial charge on any atom is -0.503 e. The summed E-state index contributed by atoms with van der Waals surface area (Å²) in [6, 6.07) is 0.219. The largest absolute Gasteiger partial charge is 0.503 e. The van der Waals surface area contributed by atoms with Gasteiger partial charge >= 0.3 is 0 Å². The number of carbonyl (C=O) groups excluding carboxylic acids is 1. The van der Waals surface area contributed by atoms with Gasteiger partial charge in [-0.05, 0) is 19.8 Å². The van der Waals surface area contributed by atoms with Crippen molar-refractivity contribution >= 4 is 5.91 Å². The number of pyridine rings is 1. The number of nitrogens with zero attached hydrogens (tertiary/aromatic N) is 2. The number of rotatable bonds is 0. The van der Waals surface area contributed by atoms with E-state index in [0.29, 0.717) is 12.1 Å². The summed E-state index contributed by atoms with van der Waals surface area (Å²) in [5.41, 5.74) is 0.187. The maximum Gasteiger partial charge on any atom is 0.274 e. The van der Waals surface area contributed by atoms with E-state index in [1.165, 1.54) is 0 Å². The van der Waals surface area contributed by atoms with Crippen LogP contribution in [0.3, 0.4) is 0 Å². The minimum absolute atomic E-state index is 0.152. The SMILES string of the molecule is Cc1cn2c(c(O)c1=O)C(=O)N1CCC[C@H]1C2. The van der Waals surface area contributed by atoms with Crippen molar-refractivity contribution in [3.63, 3.8) is 0 Å². The Morgan fingerprint density at radius 2 is 2.18 bits per heavy atom. The van der Waals surface area contributed by atoms with Crippen molar-refractivity contribution in [2.45, 2.75) is 32.4 Å². The highest BCUT2D eigenvalue weighted by atomic mass is 16.3. The molecule has 1 aromatic heterocycles. The zero-order chi connectivity index (χ0) is 12.2. The van der Waals surface area contributed by atoms with Gasteiger partial charge in [-0.3, -0.25) is 9.59 Å². The van der Waals surface area contributed by atoms with E-state index in [1.807, 2.05) is 0 Å². The fraction of sp³-hybridized carbons (Fsp3) is 0.500. The molecule has 0 unspecified atom stereocenters. The summed E-state index contributed by atoms with van der Waals surface area (Å²) in [6.45, 7) is 3.06. The van der Waals surface area contributed by atoms with Crippen molar-refractivity contribution < 1.29 is 9.90 Å². The lowest BCUT2D eigenvalue weighted by atomic mass is 10.1. The maximum absolute atomic E-state index is 12.2. The third-order valence-corrected chi connectivity index (χ3v) is 3.68. The second kappa shape index (κ2) is 3.35. The van der Waals surface area contributed by atoms with Gasteiger partial charge in [-0.2, -0.15) is 0 Å². The predicted molar refractivity (Wildman–Crippen MR) is 61.2 cm³/mol. The molecule has 1 N–H and O–H groups in total. The summed E-state index contributed by atoms with van der Waals surface area (Å²) >= 11 is 0. The van der Waals surface area contributed by atoms with Crippen LogP contribution in [0.2, 0.25) is 0 Å². The van der Waals surface area contributed by atoms with E-state index < -0.39 is 11.2 Å². The van der Waals surface area contributed by atoms with E-state index in [2.05, 4.69) is 0 Å². The Morgan fingerprint density at radius 1 is 1.41 bits per heavy atom. The summed E-state index contributed by atoms with van der Waals surface area (Å²) in [5, 5.41) is 9.83. The second-order valence-corrected chi connectivity index (χ2v) is 4.79. The van der Waals surface area contributed by atoms with Crippen molar-refractivity contribution in [1.29, 1.82) is 0 Å². The van der Waals surface area contributed by atoms with Crippen LogP contribution in [0.15, 0.2) is 11.0 Å². The summed E-state index contributed by atoms with van der Waals surface area (Å²) in [7, 11) is 0. The molecule has 17 heavy (non-hydrogen) atoms. The fourth-order valence-electron chi connectivity index (χ4n) is 2.81. The van der Waals surface area contributed by atoms with Crippen LogP contribution in [-0.4, -0.2) is 33.1 Å². The number of fused-ring (bicyclic) bond motifs is 2. The second-order valence-electron chi connectivity index (χ2n) is 4.79. The lowest BCUT2D eigenvalue weighted by Gasteiger charge is -2.32. The molecule has 5 nitrogen and oxygen atoms in total. The number of hydrogen-bond acceptors (Lipinski definition) is 3. The Hall–Kier alpha value is -1.78. The topological polar surface area (TPSA) is 62.5 Å². The highest BCUT2D eigenvalue weighted by Crippen LogP contribution is 2.29. The van der Waals surface area contributed by atoms with Gasteiger partial charge in [-0.1, -0.05) is 0 Å². The van der Waals surface area contributed by atoms with Crippen LogP contribution in [0.5, 0.6) is 5.75 Å². The van der Waals surface area contributed by atoms with E-state index in [1.54, 1.807) is 22.6 Å². The highest BCUT2D eigenvalue weighted by molar-refractivity contribution is 5.96. The predicted octanol–water partition coefficient (Wildman–Crippen LogP) is 0.481. The van der Waals surface area contributed by atoms with Gasteiger partial charge in [0.1, 0.15) is 0 Å². The molecule has 3 rings (SSSR count). The zero-order valence-corrected chi connectivity index (χ0v) is 9.64. The van der Waals surface area contributed by atoms with Crippen molar-refractivity contribution in [2.75, 3.05) is 6.54 Å². The summed E-state index contributed by atoms with van der Waals surface area (Å²) in [5.74, 6) is -0.617. The Morgan fingerprint density at radius 3 is 2.94 bits per heavy atom. The molecule has 0 spiro atoms. The van der Waals surface area contributed by atoms with E-state index in [0.717, 1.165) is 19.4 Å². The number of carbonyl (C=O) groups is 1. The van der Waals surface area contributed by atoms with Gasteiger partial charge in [0, 0.05) is 24.8 Å². The maximum atomic E-state index is 12.2. The lowest BCUT2D eigenvalue weighted by Crippen LogP contribution is -2.45. The molecule has 1 fully saturated rings. The molecule has 0 bridgehead atoms. The normalized spacial score (nSPS) is 22.5. The minimum atomic E-state index is -0.442. The Balaban J connectivity index is 2.22. The number of amides is 1. The molecule has 2 aliphatic heterocycles. The van der Waals surface area contributed by atoms with Gasteiger partial charge in [-0.25, -0.2) is 0 Å². The summed E-state index contributed by atoms with van der Waals surface area (Å²) in [6.07, 6.45) is 3.66. The summed E-state index contributed by atoms with van der Waals surface area (Å²) < 4.78 is 1.72. The molecule has 1 atom stereocenters. The number of aryl methyl sites for hydroxylation is 1. The van der Waals surface area contributed by atoms with Crippen LogP contribution in [0.1, 0.15) is 28.9 Å². The molecule has 0 aromatic carbocycles. The molecule has 0 saturated carbocycles. The zero-order valence-electron chi connectivity index (χ0n) is 9.64. The van der Waals surface area contributed by atoms with E-state index in [9.17, 15) is 14.7 Å². The van der Waals surface area contributed by atoms with Crippen molar-refractivity contribution in [1.82, 2.24) is 9.47 Å². The third kappa shape index (κ3) is 1.31. The molecule has 3 heterocycles. The van der Waals surface area contributed by atoms with Crippen LogP contribution < -0.4 is 5.43 Å². The van der Waals surface area contributed by atoms with Gasteiger partial charge < -0.3 is 14.6 Å². The van der Waals surface area contributed by atoms with Crippen molar-refractivity contribution in [2.24, 2.45) is 0 Å². The van der Waals surface area contributed by atoms with Crippen LogP contribution in [0.4, 0.5) is 0 Å². The molecule has 5 heteroatoms. The number of aromatic hydroxyl groups is 1. The number of aromatic nitrogens is 1. The fourth-order valence-corrected chi connectivity index (χ4v) is 2.81. The van der Waals surface area contributed by atoms with Crippen LogP contribution in [0, 0.1) is 6.92 Å². The van der Waals surface area contributed by atoms with Gasteiger partial charge in [0.2, 0.25) is 5.43 Å². The lowest BCUT2D eigenvalue weighted by molar-refractivity contribution is 0.0660. The van der Waals surface area contributed by atoms with Gasteiger partial charge in [0.05, 0.1) is 6.04 Å². The highest BCUT2D eigenvalue weighted by Gasteiger charge is 2.37. The van der Waals surface area contributed by atoms with E-state index >= 15 is 0 Å². The molecule has 0 aliphatic carbocycles. The first-order valence-corrected chi connectivity index (χ1v) is 5.83. The van der Waals surface area contributed by atoms with Crippen molar-refractivity contribution in [3.05, 3.63) is 27.7 Å². The number of hydrogen-bond donors (Lipinski definition) is 1. The molecular formula is C12H14N2O3. The first-order valence-electron chi connectivity index (χ1n) is 5.83. The van der Waals surface area contributed by atoms with Crippen molar-refractivity contribution in [3.8, 4) is 5.75 Å². The Kier molecular flexibility index (Phi) is 2.05. The molecule has 1 amide bonds. The molecule has 90 valence electrons.